The van der Waals surface area contributed by atoms with Crippen molar-refractivity contribution in [2.75, 3.05) is 20.2 Å². The predicted molar refractivity (Wildman–Crippen MR) is 108 cm³/mol. The molecule has 2 N–H and O–H groups in total. The lowest BCUT2D eigenvalue weighted by Crippen LogP contribution is -2.68. The van der Waals surface area contributed by atoms with E-state index >= 15 is 0 Å². The second-order valence-corrected chi connectivity index (χ2v) is 8.39. The van der Waals surface area contributed by atoms with Gasteiger partial charge in [0.1, 0.15) is 0 Å². The summed E-state index contributed by atoms with van der Waals surface area (Å²) in [7, 11) is 1.79. The zero-order valence-corrected chi connectivity index (χ0v) is 17.2. The van der Waals surface area contributed by atoms with Crippen LogP contribution in [-0.2, 0) is 11.2 Å². The first kappa shape index (κ1) is 19.2. The van der Waals surface area contributed by atoms with E-state index in [0.717, 1.165) is 24.6 Å². The Labute approximate surface area is 169 Å². The van der Waals surface area contributed by atoms with E-state index in [0.29, 0.717) is 47.8 Å². The minimum atomic E-state index is 0.108. The van der Waals surface area contributed by atoms with Gasteiger partial charge in [-0.05, 0) is 18.6 Å². The van der Waals surface area contributed by atoms with Gasteiger partial charge < -0.3 is 19.9 Å². The molecule has 1 saturated heterocycles. The lowest BCUT2D eigenvalue weighted by molar-refractivity contribution is -0.106. The minimum absolute atomic E-state index is 0.108. The molecule has 8 heteroatoms. The van der Waals surface area contributed by atoms with Gasteiger partial charge in [0.05, 0.1) is 6.10 Å². The lowest BCUT2D eigenvalue weighted by Gasteiger charge is -2.54. The summed E-state index contributed by atoms with van der Waals surface area (Å²) in [6, 6.07) is 7.78. The highest BCUT2D eigenvalue weighted by molar-refractivity contribution is 6.30. The van der Waals surface area contributed by atoms with Crippen LogP contribution in [0.1, 0.15) is 26.2 Å². The van der Waals surface area contributed by atoms with Gasteiger partial charge in [0.2, 0.25) is 11.7 Å². The molecule has 1 aliphatic heterocycles. The molecule has 1 aromatic carbocycles. The third kappa shape index (κ3) is 3.61. The third-order valence-electron chi connectivity index (χ3n) is 5.80. The highest BCUT2D eigenvalue weighted by Gasteiger charge is 2.59. The molecule has 3 atom stereocenters. The van der Waals surface area contributed by atoms with Crippen LogP contribution >= 0.6 is 11.6 Å². The number of ether oxygens (including phenoxy) is 1. The van der Waals surface area contributed by atoms with E-state index < -0.39 is 0 Å². The zero-order valence-electron chi connectivity index (χ0n) is 16.4. The van der Waals surface area contributed by atoms with E-state index in [1.54, 1.807) is 7.05 Å². The fraction of sp³-hybridized carbons (Fsp3) is 0.550. The van der Waals surface area contributed by atoms with Crippen LogP contribution in [0.15, 0.2) is 33.8 Å². The van der Waals surface area contributed by atoms with Crippen molar-refractivity contribution in [3.63, 3.8) is 0 Å². The number of aliphatic imine (C=N–C) groups is 1. The topological polar surface area (TPSA) is 84.6 Å². The van der Waals surface area contributed by atoms with E-state index in [-0.39, 0.29) is 5.41 Å². The largest absolute Gasteiger partial charge is 0.377 e. The monoisotopic (exact) mass is 403 g/mol. The number of nitrogens with one attached hydrogen (secondary N) is 2. The Morgan fingerprint density at radius 2 is 2.25 bits per heavy atom. The summed E-state index contributed by atoms with van der Waals surface area (Å²) in [5.41, 5.74) is 0.949. The van der Waals surface area contributed by atoms with Gasteiger partial charge in [-0.15, -0.1) is 0 Å². The molecule has 2 heterocycles. The lowest BCUT2D eigenvalue weighted by atomic mass is 9.57. The molecule has 28 heavy (non-hydrogen) atoms. The molecule has 1 aromatic heterocycles. The molecule has 2 fully saturated rings. The van der Waals surface area contributed by atoms with Crippen molar-refractivity contribution in [2.24, 2.45) is 16.3 Å². The Bertz CT molecular complexity index is 866. The second kappa shape index (κ2) is 7.72. The summed E-state index contributed by atoms with van der Waals surface area (Å²) in [4.78, 5) is 8.80. The molecular formula is C20H26ClN5O2. The van der Waals surface area contributed by atoms with Gasteiger partial charge in [-0.1, -0.05) is 42.7 Å². The summed E-state index contributed by atoms with van der Waals surface area (Å²) < 4.78 is 11.2. The summed E-state index contributed by atoms with van der Waals surface area (Å²) in [6.07, 6.45) is 2.07. The van der Waals surface area contributed by atoms with Crippen molar-refractivity contribution in [3.8, 4) is 11.4 Å². The quantitative estimate of drug-likeness (QED) is 0.589. The summed E-state index contributed by atoms with van der Waals surface area (Å²) in [5, 5.41) is 11.6. The average molecular weight is 404 g/mol. The molecule has 4 rings (SSSR count). The first-order valence-corrected chi connectivity index (χ1v) is 10.0. The van der Waals surface area contributed by atoms with Crippen LogP contribution in [-0.4, -0.2) is 48.4 Å². The Morgan fingerprint density at radius 1 is 1.39 bits per heavy atom. The van der Waals surface area contributed by atoms with Crippen molar-refractivity contribution in [2.45, 2.75) is 38.8 Å². The fourth-order valence-electron chi connectivity index (χ4n) is 4.35. The molecule has 150 valence electrons. The molecule has 1 saturated carbocycles. The molecule has 1 aliphatic carbocycles. The van der Waals surface area contributed by atoms with Crippen molar-refractivity contribution >= 4 is 17.6 Å². The maximum Gasteiger partial charge on any atom is 0.228 e. The molecule has 7 nitrogen and oxygen atoms in total. The number of benzene rings is 1. The third-order valence-corrected chi connectivity index (χ3v) is 6.03. The minimum Gasteiger partial charge on any atom is -0.377 e. The van der Waals surface area contributed by atoms with E-state index in [2.05, 4.69) is 39.6 Å². The van der Waals surface area contributed by atoms with Gasteiger partial charge in [-0.2, -0.15) is 4.98 Å². The fourth-order valence-corrected chi connectivity index (χ4v) is 4.54. The summed E-state index contributed by atoms with van der Waals surface area (Å²) >= 11 is 6.02. The maximum atomic E-state index is 6.02. The van der Waals surface area contributed by atoms with E-state index in [1.807, 2.05) is 24.3 Å². The van der Waals surface area contributed by atoms with Crippen LogP contribution in [0.2, 0.25) is 5.02 Å². The van der Waals surface area contributed by atoms with Gasteiger partial charge in [0.15, 0.2) is 5.96 Å². The normalized spacial score (nSPS) is 25.9. The van der Waals surface area contributed by atoms with Gasteiger partial charge in [-0.25, -0.2) is 0 Å². The Kier molecular flexibility index (Phi) is 5.29. The van der Waals surface area contributed by atoms with Crippen molar-refractivity contribution in [1.82, 2.24) is 20.8 Å². The van der Waals surface area contributed by atoms with E-state index in [4.69, 9.17) is 20.9 Å². The number of rotatable bonds is 5. The van der Waals surface area contributed by atoms with Crippen LogP contribution in [0, 0.1) is 11.3 Å². The van der Waals surface area contributed by atoms with Gasteiger partial charge in [0, 0.05) is 54.6 Å². The zero-order chi connectivity index (χ0) is 19.7. The van der Waals surface area contributed by atoms with Gasteiger partial charge in [-0.3, -0.25) is 4.99 Å². The first-order chi connectivity index (χ1) is 13.5. The molecule has 0 radical (unpaired) electrons. The van der Waals surface area contributed by atoms with Gasteiger partial charge in [0.25, 0.3) is 0 Å². The number of nitrogens with zero attached hydrogens (tertiary/aromatic N) is 3. The number of hydrogen-bond donors (Lipinski definition) is 2. The average Bonchev–Trinajstić information content (AvgIpc) is 3.33. The standard InChI is InChI=1S/C20H26ClN5O2/c1-20(2)16(14-8-10-27-17(14)20)25-19(22-3)23-9-7-15-24-18(26-28-15)12-5-4-6-13(21)11-12/h4-6,11,14,16-17H,7-10H2,1-3H3,(H2,22,23,25). The number of aromatic nitrogens is 2. The van der Waals surface area contributed by atoms with Crippen LogP contribution in [0.4, 0.5) is 0 Å². The predicted octanol–water partition coefficient (Wildman–Crippen LogP) is 2.91. The van der Waals surface area contributed by atoms with Crippen molar-refractivity contribution in [3.05, 3.63) is 35.2 Å². The van der Waals surface area contributed by atoms with Crippen LogP contribution in [0.3, 0.4) is 0 Å². The van der Waals surface area contributed by atoms with E-state index in [1.165, 1.54) is 0 Å². The van der Waals surface area contributed by atoms with Crippen molar-refractivity contribution in [1.29, 1.82) is 0 Å². The molecular weight excluding hydrogens is 378 g/mol. The molecule has 3 unspecified atom stereocenters. The van der Waals surface area contributed by atoms with Crippen LogP contribution < -0.4 is 10.6 Å². The summed E-state index contributed by atoms with van der Waals surface area (Å²) in [6.45, 7) is 6.00. The molecule has 2 aromatic rings. The second-order valence-electron chi connectivity index (χ2n) is 7.96. The molecule has 2 aliphatic rings. The summed E-state index contributed by atoms with van der Waals surface area (Å²) in [5.74, 6) is 2.47. The molecule has 0 amide bonds. The maximum absolute atomic E-state index is 6.02. The van der Waals surface area contributed by atoms with Crippen LogP contribution in [0.25, 0.3) is 11.4 Å². The molecule has 0 spiro atoms. The smallest absolute Gasteiger partial charge is 0.228 e. The highest BCUT2D eigenvalue weighted by atomic mass is 35.5. The number of halogens is 1. The highest BCUT2D eigenvalue weighted by Crippen LogP contribution is 2.52. The Balaban J connectivity index is 1.30. The first-order valence-electron chi connectivity index (χ1n) is 9.66. The number of guanidine groups is 1. The Morgan fingerprint density at radius 3 is 3.04 bits per heavy atom. The molecule has 0 bridgehead atoms. The van der Waals surface area contributed by atoms with Crippen molar-refractivity contribution < 1.29 is 9.26 Å². The van der Waals surface area contributed by atoms with Crippen LogP contribution in [0.5, 0.6) is 0 Å². The SMILES string of the molecule is CN=C(NCCc1nc(-c2cccc(Cl)c2)no1)NC1C2CCOC2C1(C)C. The Hall–Kier alpha value is -2.12. The van der Waals surface area contributed by atoms with E-state index in [9.17, 15) is 0 Å². The van der Waals surface area contributed by atoms with Gasteiger partial charge >= 0.3 is 0 Å². The number of fused-ring (bicyclic) bond motifs is 1. The number of hydrogen-bond acceptors (Lipinski definition) is 5.